The summed E-state index contributed by atoms with van der Waals surface area (Å²) in [5.41, 5.74) is 6.38. The number of nitrogens with two attached hydrogens (primary N) is 1. The average Bonchev–Trinajstić information content (AvgIpc) is 2.85. The Kier molecular flexibility index (Phi) is 6.83. The number of piperazine rings is 1. The number of rotatable bonds is 6. The number of hydrogen-bond acceptors (Lipinski definition) is 5. The van der Waals surface area contributed by atoms with Crippen molar-refractivity contribution in [3.05, 3.63) is 59.9 Å². The van der Waals surface area contributed by atoms with Crippen molar-refractivity contribution in [3.8, 4) is 5.75 Å². The molecule has 0 aromatic heterocycles. The van der Waals surface area contributed by atoms with Gasteiger partial charge in [0, 0.05) is 38.5 Å². The SMILES string of the molecule is COc1ccc(N2CCN(C(=O)C3(Cc4ccccc4F)CCOCC3)[C@H](C(N)=O)C2)cc1. The summed E-state index contributed by atoms with van der Waals surface area (Å²) in [6.45, 7) is 2.08. The lowest BCUT2D eigenvalue weighted by molar-refractivity contribution is -0.153. The molecule has 2 aliphatic heterocycles. The molecule has 33 heavy (non-hydrogen) atoms. The molecule has 2 aromatic carbocycles. The first-order chi connectivity index (χ1) is 15.9. The minimum absolute atomic E-state index is 0.146. The fourth-order valence-electron chi connectivity index (χ4n) is 4.84. The van der Waals surface area contributed by atoms with Crippen molar-refractivity contribution in [1.82, 2.24) is 4.90 Å². The fourth-order valence-corrected chi connectivity index (χ4v) is 4.84. The highest BCUT2D eigenvalue weighted by Gasteiger charge is 2.46. The summed E-state index contributed by atoms with van der Waals surface area (Å²) in [7, 11) is 1.61. The van der Waals surface area contributed by atoms with Crippen LogP contribution in [0.15, 0.2) is 48.5 Å². The number of benzene rings is 2. The van der Waals surface area contributed by atoms with Gasteiger partial charge in [-0.05, 0) is 55.2 Å². The Morgan fingerprint density at radius 2 is 1.82 bits per heavy atom. The van der Waals surface area contributed by atoms with E-state index in [4.69, 9.17) is 15.2 Å². The van der Waals surface area contributed by atoms with Gasteiger partial charge < -0.3 is 25.0 Å². The summed E-state index contributed by atoms with van der Waals surface area (Å²) < 4.78 is 25.2. The Morgan fingerprint density at radius 1 is 1.12 bits per heavy atom. The van der Waals surface area contributed by atoms with Crippen molar-refractivity contribution in [1.29, 1.82) is 0 Å². The first-order valence-electron chi connectivity index (χ1n) is 11.2. The number of carbonyl (C=O) groups is 2. The third-order valence-electron chi connectivity index (χ3n) is 6.80. The Hall–Kier alpha value is -3.13. The first kappa shape index (κ1) is 23.0. The third kappa shape index (κ3) is 4.80. The summed E-state index contributed by atoms with van der Waals surface area (Å²) >= 11 is 0. The van der Waals surface area contributed by atoms with Gasteiger partial charge in [0.15, 0.2) is 0 Å². The minimum Gasteiger partial charge on any atom is -0.497 e. The zero-order valence-electron chi connectivity index (χ0n) is 18.8. The van der Waals surface area contributed by atoms with Crippen LogP contribution in [0.5, 0.6) is 5.75 Å². The van der Waals surface area contributed by atoms with E-state index in [1.54, 1.807) is 30.2 Å². The molecule has 2 aliphatic rings. The van der Waals surface area contributed by atoms with Gasteiger partial charge in [0.05, 0.1) is 12.5 Å². The van der Waals surface area contributed by atoms with Crippen LogP contribution in [0.4, 0.5) is 10.1 Å². The number of primary amides is 1. The molecule has 0 radical (unpaired) electrons. The molecule has 2 aromatic rings. The van der Waals surface area contributed by atoms with Crippen LogP contribution < -0.4 is 15.4 Å². The molecule has 0 spiro atoms. The van der Waals surface area contributed by atoms with Gasteiger partial charge in [0.25, 0.3) is 0 Å². The van der Waals surface area contributed by atoms with Gasteiger partial charge in [-0.2, -0.15) is 0 Å². The Bertz CT molecular complexity index is 991. The van der Waals surface area contributed by atoms with Crippen LogP contribution in [0.1, 0.15) is 18.4 Å². The van der Waals surface area contributed by atoms with Crippen molar-refractivity contribution in [2.45, 2.75) is 25.3 Å². The van der Waals surface area contributed by atoms with E-state index in [0.29, 0.717) is 51.3 Å². The summed E-state index contributed by atoms with van der Waals surface area (Å²) in [4.78, 5) is 30.0. The number of methoxy groups -OCH3 is 1. The number of anilines is 1. The van der Waals surface area contributed by atoms with Crippen LogP contribution in [0, 0.1) is 11.2 Å². The van der Waals surface area contributed by atoms with E-state index in [0.717, 1.165) is 11.4 Å². The van der Waals surface area contributed by atoms with E-state index >= 15 is 0 Å². The number of hydrogen-bond donors (Lipinski definition) is 1. The van der Waals surface area contributed by atoms with Crippen molar-refractivity contribution in [2.24, 2.45) is 11.1 Å². The maximum atomic E-state index is 14.5. The topological polar surface area (TPSA) is 85.1 Å². The van der Waals surface area contributed by atoms with Gasteiger partial charge in [-0.3, -0.25) is 9.59 Å². The molecule has 2 amide bonds. The van der Waals surface area contributed by atoms with Gasteiger partial charge in [-0.15, -0.1) is 0 Å². The van der Waals surface area contributed by atoms with Crippen molar-refractivity contribution < 1.29 is 23.5 Å². The third-order valence-corrected chi connectivity index (χ3v) is 6.80. The van der Waals surface area contributed by atoms with Crippen molar-refractivity contribution in [2.75, 3.05) is 44.9 Å². The van der Waals surface area contributed by atoms with Gasteiger partial charge in [-0.25, -0.2) is 4.39 Å². The highest BCUT2D eigenvalue weighted by atomic mass is 19.1. The van der Waals surface area contributed by atoms with Crippen LogP contribution in [0.3, 0.4) is 0 Å². The molecule has 7 nitrogen and oxygen atoms in total. The zero-order chi connectivity index (χ0) is 23.4. The van der Waals surface area contributed by atoms with E-state index in [2.05, 4.69) is 0 Å². The van der Waals surface area contributed by atoms with E-state index in [1.165, 1.54) is 6.07 Å². The summed E-state index contributed by atoms with van der Waals surface area (Å²) in [6.07, 6.45) is 1.22. The number of halogens is 1. The van der Waals surface area contributed by atoms with Gasteiger partial charge in [0.1, 0.15) is 17.6 Å². The highest BCUT2D eigenvalue weighted by Crippen LogP contribution is 2.38. The van der Waals surface area contributed by atoms with Crippen LogP contribution in [-0.4, -0.2) is 62.7 Å². The van der Waals surface area contributed by atoms with Crippen LogP contribution >= 0.6 is 0 Å². The zero-order valence-corrected chi connectivity index (χ0v) is 18.8. The molecule has 2 heterocycles. The molecule has 2 saturated heterocycles. The monoisotopic (exact) mass is 455 g/mol. The summed E-state index contributed by atoms with van der Waals surface area (Å²) in [6, 6.07) is 13.3. The second-order valence-corrected chi connectivity index (χ2v) is 8.72. The molecule has 0 aliphatic carbocycles. The van der Waals surface area contributed by atoms with Gasteiger partial charge >= 0.3 is 0 Å². The first-order valence-corrected chi connectivity index (χ1v) is 11.2. The van der Waals surface area contributed by atoms with Crippen molar-refractivity contribution in [3.63, 3.8) is 0 Å². The molecular weight excluding hydrogens is 425 g/mol. The second kappa shape index (κ2) is 9.79. The molecule has 0 saturated carbocycles. The maximum Gasteiger partial charge on any atom is 0.242 e. The van der Waals surface area contributed by atoms with Crippen LogP contribution in [0.2, 0.25) is 0 Å². The largest absolute Gasteiger partial charge is 0.497 e. The van der Waals surface area contributed by atoms with E-state index in [1.807, 2.05) is 29.2 Å². The van der Waals surface area contributed by atoms with E-state index in [-0.39, 0.29) is 18.1 Å². The number of nitrogens with zero attached hydrogens (tertiary/aromatic N) is 2. The quantitative estimate of drug-likeness (QED) is 0.723. The van der Waals surface area contributed by atoms with Crippen LogP contribution in [0.25, 0.3) is 0 Å². The number of amides is 2. The highest BCUT2D eigenvalue weighted by molar-refractivity contribution is 5.90. The molecule has 0 bridgehead atoms. The molecule has 8 heteroatoms. The Morgan fingerprint density at radius 3 is 2.45 bits per heavy atom. The summed E-state index contributed by atoms with van der Waals surface area (Å²) in [5, 5.41) is 0. The normalized spacial score (nSPS) is 20.4. The number of ether oxygens (including phenoxy) is 2. The standard InChI is InChI=1S/C25H30FN3O4/c1-32-20-8-6-19(7-9-20)28-12-13-29(22(17-28)23(27)30)24(31)25(10-14-33-15-11-25)16-18-4-2-3-5-21(18)26/h2-9,22H,10-17H2,1H3,(H2,27,30)/t22-/m0/s1. The van der Waals surface area contributed by atoms with Crippen LogP contribution in [-0.2, 0) is 20.7 Å². The lowest BCUT2D eigenvalue weighted by Gasteiger charge is -2.46. The van der Waals surface area contributed by atoms with Gasteiger partial charge in [0.2, 0.25) is 11.8 Å². The predicted octanol–water partition coefficient (Wildman–Crippen LogP) is 2.38. The van der Waals surface area contributed by atoms with E-state index in [9.17, 15) is 14.0 Å². The molecule has 176 valence electrons. The second-order valence-electron chi connectivity index (χ2n) is 8.72. The molecule has 1 atom stereocenters. The lowest BCUT2D eigenvalue weighted by Crippen LogP contribution is -2.63. The Balaban J connectivity index is 1.58. The molecule has 2 N–H and O–H groups in total. The van der Waals surface area contributed by atoms with Crippen molar-refractivity contribution >= 4 is 17.5 Å². The van der Waals surface area contributed by atoms with Gasteiger partial charge in [-0.1, -0.05) is 18.2 Å². The number of carbonyl (C=O) groups excluding carboxylic acids is 2. The molecule has 0 unspecified atom stereocenters. The average molecular weight is 456 g/mol. The molecule has 2 fully saturated rings. The predicted molar refractivity (Wildman–Crippen MR) is 122 cm³/mol. The maximum absolute atomic E-state index is 14.5. The smallest absolute Gasteiger partial charge is 0.242 e. The fraction of sp³-hybridized carbons (Fsp3) is 0.440. The molecular formula is C25H30FN3O4. The minimum atomic E-state index is -0.823. The lowest BCUT2D eigenvalue weighted by atomic mass is 9.73. The van der Waals surface area contributed by atoms with E-state index < -0.39 is 17.4 Å². The summed E-state index contributed by atoms with van der Waals surface area (Å²) in [5.74, 6) is -0.276. The Labute approximate surface area is 193 Å². The molecule has 4 rings (SSSR count).